The number of nitrogens with two attached hydrogens (primary N) is 1. The highest BCUT2D eigenvalue weighted by Gasteiger charge is 2.09. The summed E-state index contributed by atoms with van der Waals surface area (Å²) < 4.78 is 26.9. The second-order valence-corrected chi connectivity index (χ2v) is 4.24. The highest BCUT2D eigenvalue weighted by atomic mass is 79.9. The lowest BCUT2D eigenvalue weighted by molar-refractivity contribution is 0.573. The Bertz CT molecular complexity index is 435. The SMILES string of the molecule is CCCC(N)C#Cc1c(F)ccc(Br)c1F. The molecular formula is C12H12BrF2N. The van der Waals surface area contributed by atoms with Gasteiger partial charge in [-0.15, -0.1) is 0 Å². The van der Waals surface area contributed by atoms with Crippen LogP contribution in [-0.4, -0.2) is 6.04 Å². The molecule has 1 rings (SSSR count). The van der Waals surface area contributed by atoms with E-state index in [9.17, 15) is 8.78 Å². The van der Waals surface area contributed by atoms with Crippen LogP contribution >= 0.6 is 15.9 Å². The van der Waals surface area contributed by atoms with Crippen LogP contribution in [0.5, 0.6) is 0 Å². The molecule has 0 fully saturated rings. The van der Waals surface area contributed by atoms with Gasteiger partial charge in [-0.05, 0) is 34.5 Å². The molecule has 0 radical (unpaired) electrons. The van der Waals surface area contributed by atoms with Crippen LogP contribution in [0, 0.1) is 23.5 Å². The fraction of sp³-hybridized carbons (Fsp3) is 0.333. The first-order valence-electron chi connectivity index (χ1n) is 4.96. The zero-order valence-electron chi connectivity index (χ0n) is 8.86. The molecule has 86 valence electrons. The van der Waals surface area contributed by atoms with E-state index >= 15 is 0 Å². The Morgan fingerprint density at radius 2 is 2.12 bits per heavy atom. The van der Waals surface area contributed by atoms with Crippen LogP contribution in [0.2, 0.25) is 0 Å². The molecule has 0 heterocycles. The van der Waals surface area contributed by atoms with Gasteiger partial charge in [-0.3, -0.25) is 0 Å². The summed E-state index contributed by atoms with van der Waals surface area (Å²) in [5.41, 5.74) is 5.40. The largest absolute Gasteiger partial charge is 0.318 e. The first-order valence-corrected chi connectivity index (χ1v) is 5.76. The second kappa shape index (κ2) is 5.97. The van der Waals surface area contributed by atoms with Gasteiger partial charge in [0.05, 0.1) is 16.1 Å². The fourth-order valence-corrected chi connectivity index (χ4v) is 1.52. The molecule has 0 aliphatic carbocycles. The van der Waals surface area contributed by atoms with E-state index in [0.717, 1.165) is 6.42 Å². The molecule has 1 unspecified atom stereocenters. The topological polar surface area (TPSA) is 26.0 Å². The predicted octanol–water partition coefficient (Wildman–Crippen LogP) is 3.21. The molecule has 1 nitrogen and oxygen atoms in total. The van der Waals surface area contributed by atoms with Crippen LogP contribution in [0.3, 0.4) is 0 Å². The third-order valence-electron chi connectivity index (χ3n) is 2.03. The van der Waals surface area contributed by atoms with E-state index in [1.165, 1.54) is 12.1 Å². The summed E-state index contributed by atoms with van der Waals surface area (Å²) in [4.78, 5) is 0. The molecule has 0 bridgehead atoms. The number of benzene rings is 1. The van der Waals surface area contributed by atoms with Crippen molar-refractivity contribution in [2.75, 3.05) is 0 Å². The summed E-state index contributed by atoms with van der Waals surface area (Å²) in [6.45, 7) is 1.97. The lowest BCUT2D eigenvalue weighted by atomic mass is 10.1. The minimum Gasteiger partial charge on any atom is -0.318 e. The molecule has 1 aromatic rings. The Balaban J connectivity index is 3.00. The van der Waals surface area contributed by atoms with E-state index in [4.69, 9.17) is 5.73 Å². The smallest absolute Gasteiger partial charge is 0.155 e. The van der Waals surface area contributed by atoms with Gasteiger partial charge < -0.3 is 5.73 Å². The van der Waals surface area contributed by atoms with E-state index < -0.39 is 11.6 Å². The van der Waals surface area contributed by atoms with Crippen molar-refractivity contribution in [2.24, 2.45) is 5.73 Å². The van der Waals surface area contributed by atoms with Gasteiger partial charge in [0.25, 0.3) is 0 Å². The van der Waals surface area contributed by atoms with Crippen molar-refractivity contribution in [1.82, 2.24) is 0 Å². The first-order chi connectivity index (χ1) is 7.56. The molecule has 0 aliphatic heterocycles. The van der Waals surface area contributed by atoms with Crippen LogP contribution in [0.25, 0.3) is 0 Å². The van der Waals surface area contributed by atoms with Crippen LogP contribution in [0.15, 0.2) is 16.6 Å². The van der Waals surface area contributed by atoms with Gasteiger partial charge >= 0.3 is 0 Å². The van der Waals surface area contributed by atoms with Crippen molar-refractivity contribution in [3.8, 4) is 11.8 Å². The summed E-state index contributed by atoms with van der Waals surface area (Å²) in [7, 11) is 0. The Morgan fingerprint density at radius 3 is 2.75 bits per heavy atom. The molecule has 0 amide bonds. The van der Waals surface area contributed by atoms with Gasteiger partial charge in [-0.25, -0.2) is 8.78 Å². The molecule has 0 saturated carbocycles. The Kier molecular flexibility index (Phi) is 4.91. The average molecular weight is 288 g/mol. The van der Waals surface area contributed by atoms with Gasteiger partial charge in [0.1, 0.15) is 5.82 Å². The number of halogens is 3. The highest BCUT2D eigenvalue weighted by Crippen LogP contribution is 2.20. The van der Waals surface area contributed by atoms with Crippen molar-refractivity contribution in [2.45, 2.75) is 25.8 Å². The zero-order chi connectivity index (χ0) is 12.1. The van der Waals surface area contributed by atoms with E-state index in [0.29, 0.717) is 6.42 Å². The van der Waals surface area contributed by atoms with E-state index in [2.05, 4.69) is 27.8 Å². The predicted molar refractivity (Wildman–Crippen MR) is 63.8 cm³/mol. The molecule has 2 N–H and O–H groups in total. The molecule has 0 spiro atoms. The third kappa shape index (κ3) is 3.29. The molecule has 0 aromatic heterocycles. The van der Waals surface area contributed by atoms with Crippen molar-refractivity contribution in [3.05, 3.63) is 33.8 Å². The summed E-state index contributed by atoms with van der Waals surface area (Å²) >= 11 is 2.98. The zero-order valence-corrected chi connectivity index (χ0v) is 10.4. The highest BCUT2D eigenvalue weighted by molar-refractivity contribution is 9.10. The van der Waals surface area contributed by atoms with Gasteiger partial charge in [0.2, 0.25) is 0 Å². The van der Waals surface area contributed by atoms with Crippen molar-refractivity contribution in [3.63, 3.8) is 0 Å². The van der Waals surface area contributed by atoms with Crippen LogP contribution in [-0.2, 0) is 0 Å². The number of hydrogen-bond acceptors (Lipinski definition) is 1. The maximum Gasteiger partial charge on any atom is 0.155 e. The van der Waals surface area contributed by atoms with Crippen molar-refractivity contribution in [1.29, 1.82) is 0 Å². The molecule has 1 aromatic carbocycles. The minimum absolute atomic E-state index is 0.197. The molecule has 4 heteroatoms. The molecule has 16 heavy (non-hydrogen) atoms. The summed E-state index contributed by atoms with van der Waals surface area (Å²) in [5, 5.41) is 0. The monoisotopic (exact) mass is 287 g/mol. The Labute approximate surface area is 102 Å². The average Bonchev–Trinajstić information content (AvgIpc) is 2.24. The van der Waals surface area contributed by atoms with Gasteiger partial charge in [-0.1, -0.05) is 25.2 Å². The Hall–Kier alpha value is -0.920. The third-order valence-corrected chi connectivity index (χ3v) is 2.64. The van der Waals surface area contributed by atoms with Gasteiger partial charge in [0.15, 0.2) is 5.82 Å². The standard InChI is InChI=1S/C12H12BrF2N/c1-2-3-8(16)4-5-9-11(14)7-6-10(13)12(9)15/h6-8H,2-3,16H2,1H3. The molecular weight excluding hydrogens is 276 g/mol. The maximum atomic E-state index is 13.5. The van der Waals surface area contributed by atoms with Gasteiger partial charge in [0, 0.05) is 0 Å². The molecule has 0 saturated heterocycles. The second-order valence-electron chi connectivity index (χ2n) is 3.38. The summed E-state index contributed by atoms with van der Waals surface area (Å²) in [6, 6.07) is 2.13. The normalized spacial score (nSPS) is 11.8. The lowest BCUT2D eigenvalue weighted by Crippen LogP contribution is -2.16. The van der Waals surface area contributed by atoms with E-state index in [1.54, 1.807) is 0 Å². The summed E-state index contributed by atoms with van der Waals surface area (Å²) in [6.07, 6.45) is 1.60. The number of hydrogen-bond donors (Lipinski definition) is 1. The minimum atomic E-state index is -0.684. The number of rotatable bonds is 2. The van der Waals surface area contributed by atoms with Crippen LogP contribution < -0.4 is 5.73 Å². The molecule has 1 atom stereocenters. The maximum absolute atomic E-state index is 13.5. The lowest BCUT2D eigenvalue weighted by Gasteiger charge is -2.01. The van der Waals surface area contributed by atoms with E-state index in [-0.39, 0.29) is 16.1 Å². The van der Waals surface area contributed by atoms with Crippen molar-refractivity contribution < 1.29 is 8.78 Å². The van der Waals surface area contributed by atoms with Crippen molar-refractivity contribution >= 4 is 15.9 Å². The van der Waals surface area contributed by atoms with Crippen LogP contribution in [0.1, 0.15) is 25.3 Å². The van der Waals surface area contributed by atoms with Gasteiger partial charge in [-0.2, -0.15) is 0 Å². The van der Waals surface area contributed by atoms with Crippen LogP contribution in [0.4, 0.5) is 8.78 Å². The first kappa shape index (κ1) is 13.1. The van der Waals surface area contributed by atoms with E-state index in [1.807, 2.05) is 6.92 Å². The Morgan fingerprint density at radius 1 is 1.44 bits per heavy atom. The fourth-order valence-electron chi connectivity index (χ4n) is 1.19. The molecule has 0 aliphatic rings. The summed E-state index contributed by atoms with van der Waals surface area (Å²) in [5.74, 6) is 3.73. The quantitative estimate of drug-likeness (QED) is 0.656.